The molecule has 0 aliphatic heterocycles. The van der Waals surface area contributed by atoms with Crippen molar-refractivity contribution in [3.63, 3.8) is 0 Å². The third-order valence-electron chi connectivity index (χ3n) is 4.40. The molecule has 3 N–H and O–H groups in total. The smallest absolute Gasteiger partial charge is 0.227 e. The average molecular weight is 290 g/mol. The molecule has 21 heavy (non-hydrogen) atoms. The number of rotatable bonds is 5. The standard InChI is InChI=1S/C18H30N2O/c1-7-18(6,12-19)16(21)20-13(2)14-8-10-15(11-9-14)17(3,4)5/h8-11,13H,7,12,19H2,1-6H3,(H,20,21). The fourth-order valence-electron chi connectivity index (χ4n) is 2.12. The van der Waals surface area contributed by atoms with E-state index in [0.29, 0.717) is 6.54 Å². The normalized spacial score (nSPS) is 16.1. The molecular formula is C18H30N2O. The summed E-state index contributed by atoms with van der Waals surface area (Å²) in [5, 5.41) is 3.08. The molecule has 1 amide bonds. The summed E-state index contributed by atoms with van der Waals surface area (Å²) in [6.45, 7) is 12.9. The van der Waals surface area contributed by atoms with E-state index in [2.05, 4.69) is 50.4 Å². The quantitative estimate of drug-likeness (QED) is 0.871. The van der Waals surface area contributed by atoms with Gasteiger partial charge < -0.3 is 11.1 Å². The lowest BCUT2D eigenvalue weighted by atomic mass is 9.85. The first kappa shape index (κ1) is 17.7. The van der Waals surface area contributed by atoms with Crippen LogP contribution >= 0.6 is 0 Å². The predicted molar refractivity (Wildman–Crippen MR) is 89.2 cm³/mol. The second-order valence-corrected chi connectivity index (χ2v) is 7.19. The van der Waals surface area contributed by atoms with E-state index in [0.717, 1.165) is 12.0 Å². The van der Waals surface area contributed by atoms with Gasteiger partial charge in [-0.15, -0.1) is 0 Å². The van der Waals surface area contributed by atoms with Gasteiger partial charge in [-0.05, 0) is 36.8 Å². The number of nitrogens with one attached hydrogen (secondary N) is 1. The summed E-state index contributed by atoms with van der Waals surface area (Å²) in [5.74, 6) is 0.0277. The minimum atomic E-state index is -0.486. The molecular weight excluding hydrogens is 260 g/mol. The van der Waals surface area contributed by atoms with Crippen LogP contribution in [0.4, 0.5) is 0 Å². The summed E-state index contributed by atoms with van der Waals surface area (Å²) < 4.78 is 0. The van der Waals surface area contributed by atoms with Crippen LogP contribution in [0.5, 0.6) is 0 Å². The van der Waals surface area contributed by atoms with Crippen molar-refractivity contribution in [3.05, 3.63) is 35.4 Å². The van der Waals surface area contributed by atoms with E-state index in [1.807, 2.05) is 20.8 Å². The molecule has 0 heterocycles. The van der Waals surface area contributed by atoms with Gasteiger partial charge in [0.2, 0.25) is 5.91 Å². The number of hydrogen-bond acceptors (Lipinski definition) is 2. The number of nitrogens with two attached hydrogens (primary N) is 1. The Balaban J connectivity index is 2.81. The molecule has 3 nitrogen and oxygen atoms in total. The van der Waals surface area contributed by atoms with Crippen molar-refractivity contribution < 1.29 is 4.79 Å². The highest BCUT2D eigenvalue weighted by Gasteiger charge is 2.30. The van der Waals surface area contributed by atoms with Crippen molar-refractivity contribution in [2.45, 2.75) is 59.4 Å². The maximum atomic E-state index is 12.3. The van der Waals surface area contributed by atoms with Crippen molar-refractivity contribution in [1.29, 1.82) is 0 Å². The number of amides is 1. The molecule has 118 valence electrons. The topological polar surface area (TPSA) is 55.1 Å². The highest BCUT2D eigenvalue weighted by molar-refractivity contribution is 5.82. The Hall–Kier alpha value is -1.35. The molecule has 0 bridgehead atoms. The van der Waals surface area contributed by atoms with Crippen molar-refractivity contribution in [2.75, 3.05) is 6.54 Å². The molecule has 1 rings (SSSR count). The molecule has 1 aromatic rings. The Morgan fingerprint density at radius 3 is 2.10 bits per heavy atom. The summed E-state index contributed by atoms with van der Waals surface area (Å²) in [5.41, 5.74) is 7.81. The second kappa shape index (κ2) is 6.61. The van der Waals surface area contributed by atoms with E-state index in [1.54, 1.807) is 0 Å². The van der Waals surface area contributed by atoms with Crippen LogP contribution < -0.4 is 11.1 Å². The minimum absolute atomic E-state index is 0.0102. The van der Waals surface area contributed by atoms with Gasteiger partial charge in [-0.25, -0.2) is 0 Å². The molecule has 2 atom stereocenters. The van der Waals surface area contributed by atoms with Gasteiger partial charge >= 0.3 is 0 Å². The van der Waals surface area contributed by atoms with Gasteiger partial charge in [-0.1, -0.05) is 52.0 Å². The zero-order chi connectivity index (χ0) is 16.3. The monoisotopic (exact) mass is 290 g/mol. The highest BCUT2D eigenvalue weighted by atomic mass is 16.2. The van der Waals surface area contributed by atoms with E-state index in [1.165, 1.54) is 5.56 Å². The van der Waals surface area contributed by atoms with E-state index < -0.39 is 5.41 Å². The molecule has 0 saturated carbocycles. The maximum absolute atomic E-state index is 12.3. The summed E-state index contributed by atoms with van der Waals surface area (Å²) in [6, 6.07) is 8.46. The number of carbonyl (C=O) groups excluding carboxylic acids is 1. The molecule has 3 heteroatoms. The molecule has 0 radical (unpaired) electrons. The Labute approximate surface area is 129 Å². The lowest BCUT2D eigenvalue weighted by Crippen LogP contribution is -2.44. The van der Waals surface area contributed by atoms with Crippen LogP contribution in [0.15, 0.2) is 24.3 Å². The van der Waals surface area contributed by atoms with Crippen LogP contribution in [-0.2, 0) is 10.2 Å². The third-order valence-corrected chi connectivity index (χ3v) is 4.40. The van der Waals surface area contributed by atoms with Crippen molar-refractivity contribution in [2.24, 2.45) is 11.1 Å². The van der Waals surface area contributed by atoms with Crippen LogP contribution in [0.25, 0.3) is 0 Å². The minimum Gasteiger partial charge on any atom is -0.349 e. The van der Waals surface area contributed by atoms with Gasteiger partial charge in [0.15, 0.2) is 0 Å². The zero-order valence-corrected chi connectivity index (χ0v) is 14.3. The summed E-state index contributed by atoms with van der Waals surface area (Å²) >= 11 is 0. The van der Waals surface area contributed by atoms with E-state index in [9.17, 15) is 4.79 Å². The summed E-state index contributed by atoms with van der Waals surface area (Å²) in [6.07, 6.45) is 0.741. The number of hydrogen-bond donors (Lipinski definition) is 2. The van der Waals surface area contributed by atoms with Crippen molar-refractivity contribution in [1.82, 2.24) is 5.32 Å². The van der Waals surface area contributed by atoms with Crippen molar-refractivity contribution in [3.8, 4) is 0 Å². The molecule has 0 saturated heterocycles. The predicted octanol–water partition coefficient (Wildman–Crippen LogP) is 3.54. The molecule has 0 fully saturated rings. The van der Waals surface area contributed by atoms with E-state index in [-0.39, 0.29) is 17.4 Å². The Morgan fingerprint density at radius 1 is 1.19 bits per heavy atom. The fraction of sp³-hybridized carbons (Fsp3) is 0.611. The van der Waals surface area contributed by atoms with Gasteiger partial charge in [-0.2, -0.15) is 0 Å². The lowest BCUT2D eigenvalue weighted by molar-refractivity contribution is -0.130. The van der Waals surface area contributed by atoms with Crippen LogP contribution in [0, 0.1) is 5.41 Å². The first-order valence-electron chi connectivity index (χ1n) is 7.75. The van der Waals surface area contributed by atoms with E-state index in [4.69, 9.17) is 5.73 Å². The average Bonchev–Trinajstić information content (AvgIpc) is 2.45. The SMILES string of the molecule is CCC(C)(CN)C(=O)NC(C)c1ccc(C(C)(C)C)cc1. The lowest BCUT2D eigenvalue weighted by Gasteiger charge is -2.27. The maximum Gasteiger partial charge on any atom is 0.227 e. The van der Waals surface area contributed by atoms with Gasteiger partial charge in [0, 0.05) is 6.54 Å². The Kier molecular flexibility index (Phi) is 5.57. The second-order valence-electron chi connectivity index (χ2n) is 7.19. The Bertz CT molecular complexity index is 467. The van der Waals surface area contributed by atoms with E-state index >= 15 is 0 Å². The van der Waals surface area contributed by atoms with Gasteiger partial charge in [0.1, 0.15) is 0 Å². The molecule has 1 aromatic carbocycles. The number of benzene rings is 1. The molecule has 0 spiro atoms. The fourth-order valence-corrected chi connectivity index (χ4v) is 2.12. The summed E-state index contributed by atoms with van der Waals surface area (Å²) in [7, 11) is 0. The van der Waals surface area contributed by atoms with Crippen molar-refractivity contribution >= 4 is 5.91 Å². The molecule has 0 aliphatic carbocycles. The van der Waals surface area contributed by atoms with Gasteiger partial charge in [0.05, 0.1) is 11.5 Å². The van der Waals surface area contributed by atoms with Crippen LogP contribution in [0.2, 0.25) is 0 Å². The Morgan fingerprint density at radius 2 is 1.71 bits per heavy atom. The number of carbonyl (C=O) groups is 1. The molecule has 0 aliphatic rings. The third kappa shape index (κ3) is 4.31. The largest absolute Gasteiger partial charge is 0.349 e. The van der Waals surface area contributed by atoms with Gasteiger partial charge in [-0.3, -0.25) is 4.79 Å². The summed E-state index contributed by atoms with van der Waals surface area (Å²) in [4.78, 5) is 12.3. The zero-order valence-electron chi connectivity index (χ0n) is 14.3. The van der Waals surface area contributed by atoms with Crippen LogP contribution in [-0.4, -0.2) is 12.5 Å². The highest BCUT2D eigenvalue weighted by Crippen LogP contribution is 2.25. The van der Waals surface area contributed by atoms with Crippen LogP contribution in [0.1, 0.15) is 65.1 Å². The first-order chi connectivity index (χ1) is 9.64. The molecule has 2 unspecified atom stereocenters. The molecule has 0 aromatic heterocycles. The first-order valence-corrected chi connectivity index (χ1v) is 7.75. The van der Waals surface area contributed by atoms with Crippen LogP contribution in [0.3, 0.4) is 0 Å². The van der Waals surface area contributed by atoms with Gasteiger partial charge in [0.25, 0.3) is 0 Å².